The zero-order chi connectivity index (χ0) is 19.7. The highest BCUT2D eigenvalue weighted by molar-refractivity contribution is 6.56. The van der Waals surface area contributed by atoms with Crippen molar-refractivity contribution in [3.8, 4) is 0 Å². The smallest absolute Gasteiger partial charge is 0.400 e. The van der Waals surface area contributed by atoms with Crippen LogP contribution in [0.4, 0.5) is 0 Å². The molecule has 2 saturated heterocycles. The largest absolute Gasteiger partial charge is 0.492 e. The molecule has 1 N–H and O–H groups in total. The van der Waals surface area contributed by atoms with Gasteiger partial charge in [0.15, 0.2) is 6.29 Å². The minimum atomic E-state index is -0.524. The maximum absolute atomic E-state index is 11.4. The van der Waals surface area contributed by atoms with Crippen LogP contribution >= 0.6 is 0 Å². The average molecular weight is 373 g/mol. The predicted octanol–water partition coefficient (Wildman–Crippen LogP) is 2.88. The summed E-state index contributed by atoms with van der Waals surface area (Å²) in [4.78, 5) is 11.4. The molecule has 0 radical (unpaired) electrons. The molecule has 27 heavy (non-hydrogen) atoms. The Morgan fingerprint density at radius 3 is 2.41 bits per heavy atom. The molecule has 2 aliphatic heterocycles. The van der Waals surface area contributed by atoms with Gasteiger partial charge in [-0.3, -0.25) is 4.79 Å². The van der Waals surface area contributed by atoms with Gasteiger partial charge < -0.3 is 24.1 Å². The van der Waals surface area contributed by atoms with Crippen molar-refractivity contribution >= 4 is 19.1 Å². The highest BCUT2D eigenvalue weighted by atomic mass is 16.7. The fraction of sp³-hybridized carbons (Fsp3) is 0.550. The number of carbonyl (C=O) groups excluding carboxylic acids is 1. The van der Waals surface area contributed by atoms with Gasteiger partial charge >= 0.3 is 7.12 Å². The van der Waals surface area contributed by atoms with E-state index < -0.39 is 18.3 Å². The lowest BCUT2D eigenvalue weighted by Crippen LogP contribution is -2.41. The third kappa shape index (κ3) is 4.61. The van der Waals surface area contributed by atoms with Crippen LogP contribution < -0.4 is 5.32 Å². The number of ether oxygens (including phenoxy) is 2. The Morgan fingerprint density at radius 2 is 1.81 bits per heavy atom. The molecule has 6 nitrogen and oxygen atoms in total. The van der Waals surface area contributed by atoms with Crippen LogP contribution in [0.1, 0.15) is 52.0 Å². The Kier molecular flexibility index (Phi) is 5.77. The van der Waals surface area contributed by atoms with E-state index in [0.29, 0.717) is 19.8 Å². The van der Waals surface area contributed by atoms with Crippen molar-refractivity contribution in [1.29, 1.82) is 0 Å². The van der Waals surface area contributed by atoms with Gasteiger partial charge in [0.25, 0.3) is 0 Å². The van der Waals surface area contributed by atoms with Crippen LogP contribution in [0.2, 0.25) is 0 Å². The Bertz CT molecular complexity index is 709. The molecule has 2 aliphatic rings. The molecule has 2 fully saturated rings. The molecule has 3 rings (SSSR count). The minimum Gasteiger partial charge on any atom is -0.400 e. The number of carbonyl (C=O) groups is 1. The van der Waals surface area contributed by atoms with Crippen molar-refractivity contribution in [2.75, 3.05) is 19.8 Å². The van der Waals surface area contributed by atoms with Gasteiger partial charge in [-0.1, -0.05) is 24.3 Å². The van der Waals surface area contributed by atoms with Gasteiger partial charge in [0, 0.05) is 19.0 Å². The quantitative estimate of drug-likeness (QED) is 0.804. The van der Waals surface area contributed by atoms with E-state index in [1.54, 1.807) is 0 Å². The number of rotatable bonds is 5. The summed E-state index contributed by atoms with van der Waals surface area (Å²) in [6.45, 7) is 11.1. The number of hydrogen-bond acceptors (Lipinski definition) is 5. The molecule has 2 heterocycles. The van der Waals surface area contributed by atoms with Crippen molar-refractivity contribution in [3.05, 3.63) is 40.9 Å². The molecular weight excluding hydrogens is 345 g/mol. The summed E-state index contributed by atoms with van der Waals surface area (Å²) in [7, 11) is -0.524. The molecule has 0 bridgehead atoms. The van der Waals surface area contributed by atoms with Crippen LogP contribution in [0.25, 0.3) is 6.08 Å². The first-order valence-electron chi connectivity index (χ1n) is 9.32. The van der Waals surface area contributed by atoms with Gasteiger partial charge in [-0.2, -0.15) is 0 Å². The molecule has 0 spiro atoms. The topological polar surface area (TPSA) is 66.0 Å². The van der Waals surface area contributed by atoms with E-state index in [-0.39, 0.29) is 12.2 Å². The van der Waals surface area contributed by atoms with E-state index in [1.165, 1.54) is 6.92 Å². The van der Waals surface area contributed by atoms with Crippen LogP contribution in [0.5, 0.6) is 0 Å². The Morgan fingerprint density at radius 1 is 1.19 bits per heavy atom. The van der Waals surface area contributed by atoms with Gasteiger partial charge in [-0.15, -0.1) is 0 Å². The highest BCUT2D eigenvalue weighted by Gasteiger charge is 2.52. The van der Waals surface area contributed by atoms with Crippen molar-refractivity contribution in [3.63, 3.8) is 0 Å². The van der Waals surface area contributed by atoms with Crippen LogP contribution in [-0.4, -0.2) is 44.0 Å². The van der Waals surface area contributed by atoms with Gasteiger partial charge in [0.2, 0.25) is 5.91 Å². The molecule has 1 aromatic carbocycles. The number of benzene rings is 1. The van der Waals surface area contributed by atoms with E-state index >= 15 is 0 Å². The van der Waals surface area contributed by atoms with Crippen molar-refractivity contribution in [1.82, 2.24) is 5.32 Å². The van der Waals surface area contributed by atoms with E-state index in [2.05, 4.69) is 5.32 Å². The summed E-state index contributed by atoms with van der Waals surface area (Å²) in [6.07, 6.45) is 1.67. The first kappa shape index (κ1) is 20.1. The second-order valence-electron chi connectivity index (χ2n) is 7.96. The lowest BCUT2D eigenvalue weighted by Gasteiger charge is -2.32. The first-order chi connectivity index (χ1) is 12.7. The molecule has 0 aromatic heterocycles. The Labute approximate surface area is 161 Å². The fourth-order valence-corrected chi connectivity index (χ4v) is 2.98. The summed E-state index contributed by atoms with van der Waals surface area (Å²) in [5.74, 6) is -0.0982. The maximum atomic E-state index is 11.4. The summed E-state index contributed by atoms with van der Waals surface area (Å²) < 4.78 is 23.5. The summed E-state index contributed by atoms with van der Waals surface area (Å²) in [6, 6.07) is 7.97. The zero-order valence-electron chi connectivity index (χ0n) is 16.7. The second kappa shape index (κ2) is 7.76. The van der Waals surface area contributed by atoms with Crippen molar-refractivity contribution in [2.24, 2.45) is 0 Å². The molecule has 0 atom stereocenters. The van der Waals surface area contributed by atoms with Crippen molar-refractivity contribution in [2.45, 2.75) is 52.1 Å². The van der Waals surface area contributed by atoms with E-state index in [9.17, 15) is 4.79 Å². The molecule has 1 amide bonds. The van der Waals surface area contributed by atoms with E-state index in [0.717, 1.165) is 16.6 Å². The van der Waals surface area contributed by atoms with Gasteiger partial charge in [-0.25, -0.2) is 0 Å². The number of nitrogens with one attached hydrogen (secondary N) is 1. The standard InChI is InChI=1S/C20H28BNO5/c1-14(23)22-13-17(21-26-19(2,3)20(4,5)27-21)12-15-7-6-8-16(11-15)18-24-9-10-25-18/h6-8,11-12,18H,9-10,13H2,1-5H3,(H,22,23). The lowest BCUT2D eigenvalue weighted by molar-refractivity contribution is -0.118. The van der Waals surface area contributed by atoms with Crippen LogP contribution in [0.15, 0.2) is 29.7 Å². The predicted molar refractivity (Wildman–Crippen MR) is 104 cm³/mol. The molecule has 0 aliphatic carbocycles. The number of amides is 1. The van der Waals surface area contributed by atoms with Gasteiger partial charge in [-0.05, 0) is 44.8 Å². The number of hydrogen-bond donors (Lipinski definition) is 1. The minimum absolute atomic E-state index is 0.0982. The Hall–Kier alpha value is -1.67. The van der Waals surface area contributed by atoms with Gasteiger partial charge in [0.1, 0.15) is 0 Å². The molecule has 0 saturated carbocycles. The molecule has 146 valence electrons. The van der Waals surface area contributed by atoms with Crippen LogP contribution in [0, 0.1) is 0 Å². The maximum Gasteiger partial charge on any atom is 0.492 e. The SMILES string of the molecule is CC(=O)NCC(=Cc1cccc(C2OCCO2)c1)B1OC(C)(C)C(C)(C)O1. The van der Waals surface area contributed by atoms with E-state index in [1.807, 2.05) is 58.0 Å². The monoisotopic (exact) mass is 373 g/mol. The van der Waals surface area contributed by atoms with E-state index in [4.69, 9.17) is 18.8 Å². The molecule has 7 heteroatoms. The highest BCUT2D eigenvalue weighted by Crippen LogP contribution is 2.38. The van der Waals surface area contributed by atoms with Crippen molar-refractivity contribution < 1.29 is 23.6 Å². The Balaban J connectivity index is 1.87. The molecule has 1 aromatic rings. The summed E-state index contributed by atoms with van der Waals surface area (Å²) in [5, 5.41) is 2.85. The summed E-state index contributed by atoms with van der Waals surface area (Å²) in [5.41, 5.74) is 1.91. The van der Waals surface area contributed by atoms with Crippen LogP contribution in [0.3, 0.4) is 0 Å². The molecular formula is C20H28BNO5. The first-order valence-corrected chi connectivity index (χ1v) is 9.32. The average Bonchev–Trinajstić information content (AvgIpc) is 3.18. The lowest BCUT2D eigenvalue weighted by atomic mass is 9.77. The third-order valence-electron chi connectivity index (χ3n) is 5.25. The third-order valence-corrected chi connectivity index (χ3v) is 5.25. The van der Waals surface area contributed by atoms with Crippen LogP contribution in [-0.2, 0) is 23.6 Å². The molecule has 0 unspecified atom stereocenters. The zero-order valence-corrected chi connectivity index (χ0v) is 16.7. The summed E-state index contributed by atoms with van der Waals surface area (Å²) >= 11 is 0. The van der Waals surface area contributed by atoms with Gasteiger partial charge in [0.05, 0.1) is 24.4 Å². The second-order valence-corrected chi connectivity index (χ2v) is 7.96. The normalized spacial score (nSPS) is 22.3. The fourth-order valence-electron chi connectivity index (χ4n) is 2.98.